The monoisotopic (exact) mass is 354 g/mol. The van der Waals surface area contributed by atoms with E-state index in [0.29, 0.717) is 24.5 Å². The number of aliphatic hydroxyl groups excluding tert-OH is 1. The number of hydrogen-bond acceptors (Lipinski definition) is 3. The lowest BCUT2D eigenvalue weighted by atomic mass is 10.1. The Morgan fingerprint density at radius 2 is 1.90 bits per heavy atom. The maximum atomic E-state index is 13.2. The fourth-order valence-electron chi connectivity index (χ4n) is 1.85. The molecule has 0 saturated heterocycles. The molecule has 0 saturated carbocycles. The minimum absolute atomic E-state index is 0.303. The lowest BCUT2D eigenvalue weighted by molar-refractivity contribution is 0.181. The number of aliphatic hydroxyl groups is 1. The van der Waals surface area contributed by atoms with Crippen LogP contribution in [0.3, 0.4) is 0 Å². The van der Waals surface area contributed by atoms with Gasteiger partial charge in [-0.3, -0.25) is 0 Å². The molecule has 0 aliphatic carbocycles. The van der Waals surface area contributed by atoms with Crippen molar-refractivity contribution in [3.05, 3.63) is 58.3 Å². The quantitative estimate of drug-likeness (QED) is 0.793. The van der Waals surface area contributed by atoms with Crippen molar-refractivity contribution in [3.8, 4) is 11.5 Å². The molecule has 1 N–H and O–H groups in total. The van der Waals surface area contributed by atoms with E-state index in [-0.39, 0.29) is 0 Å². The zero-order valence-corrected chi connectivity index (χ0v) is 13.1. The van der Waals surface area contributed by atoms with Crippen LogP contribution in [0, 0.1) is 5.82 Å². The molecule has 2 aromatic carbocycles. The lowest BCUT2D eigenvalue weighted by Gasteiger charge is -2.14. The standard InChI is InChI=1S/C16H16BrFO3/c1-11(19)15-10-13(18)5-6-16(15)21-8-7-20-14-4-2-3-12(17)9-14/h2-6,9-11,19H,7-8H2,1H3/t11-/m1/s1. The fourth-order valence-corrected chi connectivity index (χ4v) is 2.22. The van der Waals surface area contributed by atoms with E-state index in [4.69, 9.17) is 9.47 Å². The van der Waals surface area contributed by atoms with Crippen LogP contribution in [0.1, 0.15) is 18.6 Å². The Morgan fingerprint density at radius 1 is 1.14 bits per heavy atom. The van der Waals surface area contributed by atoms with Gasteiger partial charge in [-0.05, 0) is 43.3 Å². The van der Waals surface area contributed by atoms with Crippen LogP contribution in [0.2, 0.25) is 0 Å². The van der Waals surface area contributed by atoms with E-state index in [1.165, 1.54) is 18.2 Å². The maximum Gasteiger partial charge on any atom is 0.125 e. The Labute approximate surface area is 131 Å². The van der Waals surface area contributed by atoms with Crippen LogP contribution in [0.15, 0.2) is 46.9 Å². The predicted octanol–water partition coefficient (Wildman–Crippen LogP) is 4.10. The van der Waals surface area contributed by atoms with E-state index >= 15 is 0 Å². The molecule has 0 bridgehead atoms. The number of ether oxygens (including phenoxy) is 2. The number of halogens is 2. The number of hydrogen-bond donors (Lipinski definition) is 1. The highest BCUT2D eigenvalue weighted by molar-refractivity contribution is 9.10. The molecule has 2 rings (SSSR count). The molecule has 0 heterocycles. The normalized spacial score (nSPS) is 12.0. The average molecular weight is 355 g/mol. The van der Waals surface area contributed by atoms with Gasteiger partial charge in [0.1, 0.15) is 30.5 Å². The summed E-state index contributed by atoms with van der Waals surface area (Å²) in [5.41, 5.74) is 0.428. The van der Waals surface area contributed by atoms with Crippen LogP contribution in [0.25, 0.3) is 0 Å². The Bertz CT molecular complexity index is 602. The third-order valence-electron chi connectivity index (χ3n) is 2.83. The first-order valence-electron chi connectivity index (χ1n) is 6.55. The largest absolute Gasteiger partial charge is 0.490 e. The maximum absolute atomic E-state index is 13.2. The molecule has 2 aromatic rings. The third kappa shape index (κ3) is 4.72. The Balaban J connectivity index is 1.89. The predicted molar refractivity (Wildman–Crippen MR) is 82.2 cm³/mol. The molecular weight excluding hydrogens is 339 g/mol. The van der Waals surface area contributed by atoms with Crippen molar-refractivity contribution in [2.45, 2.75) is 13.0 Å². The number of benzene rings is 2. The first-order valence-corrected chi connectivity index (χ1v) is 7.34. The van der Waals surface area contributed by atoms with E-state index in [9.17, 15) is 9.50 Å². The van der Waals surface area contributed by atoms with Gasteiger partial charge in [0, 0.05) is 10.0 Å². The molecular formula is C16H16BrFO3. The van der Waals surface area contributed by atoms with Gasteiger partial charge in [-0.25, -0.2) is 4.39 Å². The van der Waals surface area contributed by atoms with Gasteiger partial charge in [-0.2, -0.15) is 0 Å². The molecule has 0 radical (unpaired) electrons. The van der Waals surface area contributed by atoms with Crippen LogP contribution < -0.4 is 9.47 Å². The summed E-state index contributed by atoms with van der Waals surface area (Å²) in [4.78, 5) is 0. The zero-order chi connectivity index (χ0) is 15.2. The zero-order valence-electron chi connectivity index (χ0n) is 11.6. The van der Waals surface area contributed by atoms with Crippen molar-refractivity contribution in [2.75, 3.05) is 13.2 Å². The van der Waals surface area contributed by atoms with E-state index in [1.54, 1.807) is 6.92 Å². The van der Waals surface area contributed by atoms with Crippen molar-refractivity contribution in [1.29, 1.82) is 0 Å². The van der Waals surface area contributed by atoms with Crippen LogP contribution in [0.4, 0.5) is 4.39 Å². The molecule has 0 spiro atoms. The second-order valence-corrected chi connectivity index (χ2v) is 5.43. The number of rotatable bonds is 6. The summed E-state index contributed by atoms with van der Waals surface area (Å²) in [7, 11) is 0. The molecule has 0 unspecified atom stereocenters. The summed E-state index contributed by atoms with van der Waals surface area (Å²) in [5, 5.41) is 9.61. The van der Waals surface area contributed by atoms with E-state index in [1.807, 2.05) is 24.3 Å². The van der Waals surface area contributed by atoms with Gasteiger partial charge < -0.3 is 14.6 Å². The lowest BCUT2D eigenvalue weighted by Crippen LogP contribution is -2.10. The minimum atomic E-state index is -0.790. The van der Waals surface area contributed by atoms with Crippen molar-refractivity contribution in [2.24, 2.45) is 0 Å². The topological polar surface area (TPSA) is 38.7 Å². The summed E-state index contributed by atoms with van der Waals surface area (Å²) in [5.74, 6) is 0.802. The summed E-state index contributed by atoms with van der Waals surface area (Å²) >= 11 is 3.37. The van der Waals surface area contributed by atoms with Crippen molar-refractivity contribution in [3.63, 3.8) is 0 Å². The summed E-state index contributed by atoms with van der Waals surface area (Å²) < 4.78 is 25.2. The van der Waals surface area contributed by atoms with Crippen LogP contribution in [0.5, 0.6) is 11.5 Å². The summed E-state index contributed by atoms with van der Waals surface area (Å²) in [6.07, 6.45) is -0.790. The Morgan fingerprint density at radius 3 is 2.62 bits per heavy atom. The van der Waals surface area contributed by atoms with Gasteiger partial charge in [-0.15, -0.1) is 0 Å². The van der Waals surface area contributed by atoms with Crippen LogP contribution in [-0.2, 0) is 0 Å². The molecule has 1 atom stereocenters. The van der Waals surface area contributed by atoms with Gasteiger partial charge in [0.25, 0.3) is 0 Å². The van der Waals surface area contributed by atoms with Crippen molar-refractivity contribution >= 4 is 15.9 Å². The van der Waals surface area contributed by atoms with Gasteiger partial charge in [0.05, 0.1) is 6.10 Å². The van der Waals surface area contributed by atoms with Crippen molar-refractivity contribution < 1.29 is 19.0 Å². The molecule has 0 aliphatic rings. The SMILES string of the molecule is C[C@@H](O)c1cc(F)ccc1OCCOc1cccc(Br)c1. The Kier molecular flexibility index (Phi) is 5.59. The highest BCUT2D eigenvalue weighted by atomic mass is 79.9. The van der Waals surface area contributed by atoms with Gasteiger partial charge in [0.2, 0.25) is 0 Å². The third-order valence-corrected chi connectivity index (χ3v) is 3.32. The minimum Gasteiger partial charge on any atom is -0.490 e. The van der Waals surface area contributed by atoms with Crippen molar-refractivity contribution in [1.82, 2.24) is 0 Å². The molecule has 0 fully saturated rings. The van der Waals surface area contributed by atoms with Gasteiger partial charge in [-0.1, -0.05) is 22.0 Å². The van der Waals surface area contributed by atoms with Gasteiger partial charge in [0.15, 0.2) is 0 Å². The smallest absolute Gasteiger partial charge is 0.125 e. The molecule has 112 valence electrons. The summed E-state index contributed by atoms with van der Waals surface area (Å²) in [6.45, 7) is 2.23. The van der Waals surface area contributed by atoms with E-state index in [0.717, 1.165) is 10.2 Å². The van der Waals surface area contributed by atoms with Crippen LogP contribution in [-0.4, -0.2) is 18.3 Å². The Hall–Kier alpha value is -1.59. The summed E-state index contributed by atoms with van der Waals surface area (Å²) in [6, 6.07) is 11.6. The van der Waals surface area contributed by atoms with E-state index < -0.39 is 11.9 Å². The van der Waals surface area contributed by atoms with Gasteiger partial charge >= 0.3 is 0 Å². The highest BCUT2D eigenvalue weighted by Crippen LogP contribution is 2.26. The molecule has 0 aliphatic heterocycles. The highest BCUT2D eigenvalue weighted by Gasteiger charge is 2.10. The first-order chi connectivity index (χ1) is 10.1. The molecule has 21 heavy (non-hydrogen) atoms. The average Bonchev–Trinajstić information content (AvgIpc) is 2.44. The fraction of sp³-hybridized carbons (Fsp3) is 0.250. The second-order valence-electron chi connectivity index (χ2n) is 4.51. The first kappa shape index (κ1) is 15.8. The molecule has 0 amide bonds. The van der Waals surface area contributed by atoms with Crippen LogP contribution >= 0.6 is 15.9 Å². The second kappa shape index (κ2) is 7.43. The molecule has 3 nitrogen and oxygen atoms in total. The molecule has 5 heteroatoms. The molecule has 0 aromatic heterocycles. The van der Waals surface area contributed by atoms with E-state index in [2.05, 4.69) is 15.9 Å².